The van der Waals surface area contributed by atoms with E-state index < -0.39 is 41.7 Å². The first-order chi connectivity index (χ1) is 11.8. The van der Waals surface area contributed by atoms with Gasteiger partial charge in [-0.2, -0.15) is 0 Å². The summed E-state index contributed by atoms with van der Waals surface area (Å²) in [5.41, 5.74) is 0.703. The molecule has 8 heteroatoms. The van der Waals surface area contributed by atoms with Crippen LogP contribution in [0.2, 0.25) is 0 Å². The summed E-state index contributed by atoms with van der Waals surface area (Å²) in [5, 5.41) is 11.7. The maximum atomic E-state index is 12.1. The summed E-state index contributed by atoms with van der Waals surface area (Å²) in [6.07, 6.45) is -0.0293. The van der Waals surface area contributed by atoms with Gasteiger partial charge in [0, 0.05) is 5.92 Å². The van der Waals surface area contributed by atoms with Crippen LogP contribution in [0.3, 0.4) is 0 Å². The van der Waals surface area contributed by atoms with Gasteiger partial charge in [-0.05, 0) is 5.56 Å². The Morgan fingerprint density at radius 2 is 1.56 bits per heavy atom. The molecule has 0 saturated heterocycles. The molecule has 0 aliphatic heterocycles. The molecular formula is C17H21NO7. The van der Waals surface area contributed by atoms with Gasteiger partial charge >= 0.3 is 17.9 Å². The number of carboxylic acid groups (broad SMARTS) is 1. The van der Waals surface area contributed by atoms with E-state index in [1.807, 2.05) is 0 Å². The van der Waals surface area contributed by atoms with E-state index in [1.165, 1.54) is 6.92 Å². The molecule has 2 atom stereocenters. The molecule has 25 heavy (non-hydrogen) atoms. The first kappa shape index (κ1) is 20.1. The predicted octanol–water partition coefficient (Wildman–Crippen LogP) is 0.397. The number of carbonyl (C=O) groups excluding carboxylic acids is 3. The second-order valence-corrected chi connectivity index (χ2v) is 5.43. The van der Waals surface area contributed by atoms with Crippen LogP contribution in [0, 0.1) is 11.8 Å². The van der Waals surface area contributed by atoms with Crippen LogP contribution in [0.15, 0.2) is 30.3 Å². The zero-order chi connectivity index (χ0) is 19.0. The molecule has 0 aromatic heterocycles. The van der Waals surface area contributed by atoms with Crippen molar-refractivity contribution >= 4 is 23.8 Å². The Bertz CT molecular complexity index is 613. The Morgan fingerprint density at radius 3 is 2.00 bits per heavy atom. The highest BCUT2D eigenvalue weighted by molar-refractivity contribution is 5.96. The lowest BCUT2D eigenvalue weighted by molar-refractivity contribution is -0.163. The van der Waals surface area contributed by atoms with Gasteiger partial charge in [-0.25, -0.2) is 4.79 Å². The van der Waals surface area contributed by atoms with Gasteiger partial charge in [0.1, 0.15) is 6.04 Å². The molecular weight excluding hydrogens is 330 g/mol. The van der Waals surface area contributed by atoms with Crippen molar-refractivity contribution in [1.82, 2.24) is 5.32 Å². The van der Waals surface area contributed by atoms with Crippen molar-refractivity contribution in [1.29, 1.82) is 0 Å². The number of carbonyl (C=O) groups is 4. The summed E-state index contributed by atoms with van der Waals surface area (Å²) in [7, 11) is 2.16. The van der Waals surface area contributed by atoms with Crippen LogP contribution in [0.5, 0.6) is 0 Å². The molecule has 0 heterocycles. The molecule has 0 bridgehead atoms. The smallest absolute Gasteiger partial charge is 0.326 e. The average molecular weight is 351 g/mol. The Labute approximate surface area is 145 Å². The van der Waals surface area contributed by atoms with Gasteiger partial charge in [-0.15, -0.1) is 0 Å². The third-order valence-corrected chi connectivity index (χ3v) is 3.75. The van der Waals surface area contributed by atoms with Gasteiger partial charge in [-0.3, -0.25) is 14.4 Å². The maximum Gasteiger partial charge on any atom is 0.326 e. The van der Waals surface area contributed by atoms with Crippen molar-refractivity contribution in [3.8, 4) is 0 Å². The van der Waals surface area contributed by atoms with Crippen LogP contribution in [0.4, 0.5) is 0 Å². The van der Waals surface area contributed by atoms with Crippen molar-refractivity contribution < 1.29 is 33.8 Å². The Balaban J connectivity index is 2.93. The van der Waals surface area contributed by atoms with E-state index in [-0.39, 0.29) is 6.42 Å². The topological polar surface area (TPSA) is 119 Å². The van der Waals surface area contributed by atoms with E-state index in [0.29, 0.717) is 5.56 Å². The van der Waals surface area contributed by atoms with Gasteiger partial charge < -0.3 is 19.9 Å². The second-order valence-electron chi connectivity index (χ2n) is 5.43. The van der Waals surface area contributed by atoms with E-state index in [1.54, 1.807) is 30.3 Å². The maximum absolute atomic E-state index is 12.1. The lowest BCUT2D eigenvalue weighted by Gasteiger charge is -2.26. The summed E-state index contributed by atoms with van der Waals surface area (Å²) < 4.78 is 9.08. The highest BCUT2D eigenvalue weighted by Gasteiger charge is 2.41. The molecule has 136 valence electrons. The van der Waals surface area contributed by atoms with Crippen molar-refractivity contribution in [3.05, 3.63) is 35.9 Å². The fraction of sp³-hybridized carbons (Fsp3) is 0.412. The van der Waals surface area contributed by atoms with Gasteiger partial charge in [0.15, 0.2) is 5.92 Å². The number of hydrogen-bond donors (Lipinski definition) is 2. The van der Waals surface area contributed by atoms with E-state index in [9.17, 15) is 24.3 Å². The normalized spacial score (nSPS) is 12.8. The summed E-state index contributed by atoms with van der Waals surface area (Å²) in [6, 6.07) is 7.30. The zero-order valence-corrected chi connectivity index (χ0v) is 14.2. The number of aliphatic carboxylic acids is 1. The zero-order valence-electron chi connectivity index (χ0n) is 14.2. The highest BCUT2D eigenvalue weighted by Crippen LogP contribution is 2.20. The molecule has 2 N–H and O–H groups in total. The fourth-order valence-corrected chi connectivity index (χ4v) is 2.40. The van der Waals surface area contributed by atoms with Crippen molar-refractivity contribution in [3.63, 3.8) is 0 Å². The minimum Gasteiger partial charge on any atom is -0.480 e. The van der Waals surface area contributed by atoms with E-state index in [2.05, 4.69) is 14.8 Å². The monoisotopic (exact) mass is 351 g/mol. The van der Waals surface area contributed by atoms with Crippen molar-refractivity contribution in [2.75, 3.05) is 14.2 Å². The molecule has 0 radical (unpaired) electrons. The average Bonchev–Trinajstić information content (AvgIpc) is 2.59. The van der Waals surface area contributed by atoms with Crippen LogP contribution < -0.4 is 5.32 Å². The van der Waals surface area contributed by atoms with Crippen LogP contribution in [-0.4, -0.2) is 49.2 Å². The molecule has 0 aliphatic rings. The number of hydrogen-bond acceptors (Lipinski definition) is 6. The third-order valence-electron chi connectivity index (χ3n) is 3.75. The Hall–Kier alpha value is -2.90. The van der Waals surface area contributed by atoms with Gasteiger partial charge in [-0.1, -0.05) is 37.3 Å². The predicted molar refractivity (Wildman–Crippen MR) is 86.4 cm³/mol. The first-order valence-electron chi connectivity index (χ1n) is 7.53. The van der Waals surface area contributed by atoms with Gasteiger partial charge in [0.25, 0.3) is 0 Å². The van der Waals surface area contributed by atoms with Gasteiger partial charge in [0.2, 0.25) is 5.91 Å². The van der Waals surface area contributed by atoms with Crippen molar-refractivity contribution in [2.24, 2.45) is 11.8 Å². The molecule has 1 aromatic carbocycles. The third kappa shape index (κ3) is 5.59. The summed E-state index contributed by atoms with van der Waals surface area (Å²) in [6.45, 7) is 1.36. The standard InChI is InChI=1S/C17H21NO7/c1-10(13(16(22)24-2)17(23)25-3)14(15(20)21)18-12(19)9-11-7-5-4-6-8-11/h4-8,10,13-14H,9H2,1-3H3,(H,18,19)(H,20,21)/t10-,14+/m1/s1. The number of methoxy groups -OCH3 is 2. The number of esters is 2. The molecule has 0 unspecified atom stereocenters. The van der Waals surface area contributed by atoms with Crippen LogP contribution in [0.1, 0.15) is 12.5 Å². The first-order valence-corrected chi connectivity index (χ1v) is 7.53. The lowest BCUT2D eigenvalue weighted by Crippen LogP contribution is -2.50. The summed E-state index contributed by atoms with van der Waals surface area (Å²) in [5.74, 6) is -6.30. The summed E-state index contributed by atoms with van der Waals surface area (Å²) in [4.78, 5) is 47.3. The molecule has 0 spiro atoms. The fourth-order valence-electron chi connectivity index (χ4n) is 2.40. The molecule has 1 aromatic rings. The quantitative estimate of drug-likeness (QED) is 0.514. The van der Waals surface area contributed by atoms with E-state index >= 15 is 0 Å². The number of rotatable bonds is 8. The van der Waals surface area contributed by atoms with Crippen LogP contribution in [0.25, 0.3) is 0 Å². The van der Waals surface area contributed by atoms with Gasteiger partial charge in [0.05, 0.1) is 20.6 Å². The Kier molecular flexibility index (Phi) is 7.58. The largest absolute Gasteiger partial charge is 0.480 e. The Morgan fingerprint density at radius 1 is 1.04 bits per heavy atom. The van der Waals surface area contributed by atoms with Crippen molar-refractivity contribution in [2.45, 2.75) is 19.4 Å². The molecule has 1 rings (SSSR count). The number of amides is 1. The number of nitrogens with one attached hydrogen (secondary N) is 1. The highest BCUT2D eigenvalue weighted by atomic mass is 16.5. The molecule has 0 saturated carbocycles. The summed E-state index contributed by atoms with van der Waals surface area (Å²) >= 11 is 0. The molecule has 1 amide bonds. The molecule has 0 fully saturated rings. The number of carboxylic acids is 1. The minimum absolute atomic E-state index is 0.0293. The van der Waals surface area contributed by atoms with Crippen LogP contribution >= 0.6 is 0 Å². The lowest BCUT2D eigenvalue weighted by atomic mass is 9.87. The molecule has 8 nitrogen and oxygen atoms in total. The van der Waals surface area contributed by atoms with E-state index in [0.717, 1.165) is 14.2 Å². The molecule has 0 aliphatic carbocycles. The minimum atomic E-state index is -1.46. The SMILES string of the molecule is COC(=O)C(C(=O)OC)[C@@H](C)[C@H](NC(=O)Cc1ccccc1)C(=O)O. The second kappa shape index (κ2) is 9.41. The van der Waals surface area contributed by atoms with Crippen LogP contribution in [-0.2, 0) is 35.1 Å². The number of ether oxygens (including phenoxy) is 2. The van der Waals surface area contributed by atoms with E-state index in [4.69, 9.17) is 0 Å². The number of benzene rings is 1.